The SMILES string of the molecule is O=C1COc2cc(C(=O)NCCc3ccc4c(c3)CCOC4)ccc2N1. The number of fused-ring (bicyclic) bond motifs is 2. The van der Waals surface area contributed by atoms with Gasteiger partial charge in [0, 0.05) is 12.1 Å². The molecule has 134 valence electrons. The summed E-state index contributed by atoms with van der Waals surface area (Å²) in [6, 6.07) is 11.4. The molecular formula is C20H20N2O4. The zero-order chi connectivity index (χ0) is 17.9. The van der Waals surface area contributed by atoms with Crippen LogP contribution in [0.1, 0.15) is 27.0 Å². The molecule has 0 saturated heterocycles. The van der Waals surface area contributed by atoms with E-state index >= 15 is 0 Å². The predicted octanol–water partition coefficient (Wildman–Crippen LogP) is 2.06. The lowest BCUT2D eigenvalue weighted by atomic mass is 9.99. The maximum Gasteiger partial charge on any atom is 0.262 e. The van der Waals surface area contributed by atoms with Crippen molar-refractivity contribution >= 4 is 17.5 Å². The number of amides is 2. The van der Waals surface area contributed by atoms with Gasteiger partial charge in [0.2, 0.25) is 0 Å². The number of nitrogens with one attached hydrogen (secondary N) is 2. The number of rotatable bonds is 4. The van der Waals surface area contributed by atoms with Crippen LogP contribution in [-0.4, -0.2) is 31.6 Å². The first-order chi connectivity index (χ1) is 12.7. The van der Waals surface area contributed by atoms with E-state index in [2.05, 4.69) is 28.8 Å². The van der Waals surface area contributed by atoms with Crippen molar-refractivity contribution in [2.24, 2.45) is 0 Å². The van der Waals surface area contributed by atoms with Crippen LogP contribution in [-0.2, 0) is 29.0 Å². The van der Waals surface area contributed by atoms with Gasteiger partial charge in [0.15, 0.2) is 6.61 Å². The molecule has 0 saturated carbocycles. The van der Waals surface area contributed by atoms with Gasteiger partial charge in [0.25, 0.3) is 11.8 Å². The van der Waals surface area contributed by atoms with Gasteiger partial charge in [-0.15, -0.1) is 0 Å². The lowest BCUT2D eigenvalue weighted by Crippen LogP contribution is -2.27. The van der Waals surface area contributed by atoms with E-state index < -0.39 is 0 Å². The van der Waals surface area contributed by atoms with Crippen molar-refractivity contribution in [3.8, 4) is 5.75 Å². The van der Waals surface area contributed by atoms with Gasteiger partial charge in [-0.25, -0.2) is 0 Å². The van der Waals surface area contributed by atoms with Crippen molar-refractivity contribution in [3.05, 3.63) is 58.7 Å². The van der Waals surface area contributed by atoms with Gasteiger partial charge in [-0.1, -0.05) is 18.2 Å². The highest BCUT2D eigenvalue weighted by Gasteiger charge is 2.17. The molecule has 4 rings (SSSR count). The van der Waals surface area contributed by atoms with Crippen LogP contribution in [0.2, 0.25) is 0 Å². The van der Waals surface area contributed by atoms with Crippen LogP contribution in [0.3, 0.4) is 0 Å². The van der Waals surface area contributed by atoms with Crippen LogP contribution in [0.25, 0.3) is 0 Å². The summed E-state index contributed by atoms with van der Waals surface area (Å²) in [5.41, 5.74) is 4.92. The molecule has 0 bridgehead atoms. The van der Waals surface area contributed by atoms with E-state index in [0.29, 0.717) is 30.2 Å². The van der Waals surface area contributed by atoms with Gasteiger partial charge >= 0.3 is 0 Å². The lowest BCUT2D eigenvalue weighted by molar-refractivity contribution is -0.118. The Morgan fingerprint density at radius 3 is 2.96 bits per heavy atom. The standard InChI is InChI=1S/C20H20N2O4/c23-19-12-26-18-10-15(3-4-17(18)22-19)20(24)21-7-5-13-1-2-16-11-25-8-6-14(16)9-13/h1-4,9-10H,5-8,11-12H2,(H,21,24)(H,22,23). The Kier molecular flexibility index (Phi) is 4.58. The van der Waals surface area contributed by atoms with Crippen molar-refractivity contribution in [3.63, 3.8) is 0 Å². The largest absolute Gasteiger partial charge is 0.482 e. The number of carbonyl (C=O) groups excluding carboxylic acids is 2. The van der Waals surface area contributed by atoms with E-state index in [1.165, 1.54) is 16.7 Å². The normalized spacial score (nSPS) is 15.3. The van der Waals surface area contributed by atoms with Crippen LogP contribution in [0.5, 0.6) is 5.75 Å². The molecule has 2 aliphatic rings. The van der Waals surface area contributed by atoms with Crippen LogP contribution in [0.15, 0.2) is 36.4 Å². The molecule has 26 heavy (non-hydrogen) atoms. The summed E-state index contributed by atoms with van der Waals surface area (Å²) < 4.78 is 10.8. The first-order valence-electron chi connectivity index (χ1n) is 8.72. The smallest absolute Gasteiger partial charge is 0.262 e. The Balaban J connectivity index is 1.35. The van der Waals surface area contributed by atoms with Crippen LogP contribution >= 0.6 is 0 Å². The van der Waals surface area contributed by atoms with Crippen molar-refractivity contribution in [1.82, 2.24) is 5.32 Å². The molecule has 0 radical (unpaired) electrons. The zero-order valence-electron chi connectivity index (χ0n) is 14.3. The number of anilines is 1. The third-order valence-electron chi connectivity index (χ3n) is 4.62. The molecule has 0 fully saturated rings. The van der Waals surface area contributed by atoms with Gasteiger partial charge < -0.3 is 20.1 Å². The first kappa shape index (κ1) is 16.6. The Morgan fingerprint density at radius 1 is 1.12 bits per heavy atom. The predicted molar refractivity (Wildman–Crippen MR) is 96.4 cm³/mol. The molecule has 2 aromatic carbocycles. The van der Waals surface area contributed by atoms with Gasteiger partial charge in [0.05, 0.1) is 18.9 Å². The third kappa shape index (κ3) is 3.55. The third-order valence-corrected chi connectivity index (χ3v) is 4.62. The number of ether oxygens (including phenoxy) is 2. The minimum atomic E-state index is -0.189. The van der Waals surface area contributed by atoms with Gasteiger partial charge in [-0.2, -0.15) is 0 Å². The molecule has 2 heterocycles. The number of benzene rings is 2. The second-order valence-electron chi connectivity index (χ2n) is 6.46. The lowest BCUT2D eigenvalue weighted by Gasteiger charge is -2.18. The molecule has 2 aliphatic heterocycles. The maximum absolute atomic E-state index is 12.3. The summed E-state index contributed by atoms with van der Waals surface area (Å²) >= 11 is 0. The summed E-state index contributed by atoms with van der Waals surface area (Å²) in [4.78, 5) is 23.6. The maximum atomic E-state index is 12.3. The Bertz CT molecular complexity index is 863. The fourth-order valence-corrected chi connectivity index (χ4v) is 3.21. The number of hydrogen-bond donors (Lipinski definition) is 2. The molecule has 0 spiro atoms. The Morgan fingerprint density at radius 2 is 2.04 bits per heavy atom. The Hall–Kier alpha value is -2.86. The molecule has 6 nitrogen and oxygen atoms in total. The first-order valence-corrected chi connectivity index (χ1v) is 8.72. The molecule has 0 atom stereocenters. The second-order valence-corrected chi connectivity index (χ2v) is 6.46. The molecule has 0 unspecified atom stereocenters. The molecule has 6 heteroatoms. The summed E-state index contributed by atoms with van der Waals surface area (Å²) in [7, 11) is 0. The molecular weight excluding hydrogens is 332 g/mol. The van der Waals surface area contributed by atoms with E-state index in [-0.39, 0.29) is 18.4 Å². The van der Waals surface area contributed by atoms with Gasteiger partial charge in [-0.3, -0.25) is 9.59 Å². The summed E-state index contributed by atoms with van der Waals surface area (Å²) in [6.07, 6.45) is 1.72. The van der Waals surface area contributed by atoms with E-state index in [1.807, 2.05) is 0 Å². The minimum Gasteiger partial charge on any atom is -0.482 e. The second kappa shape index (κ2) is 7.17. The highest BCUT2D eigenvalue weighted by Crippen LogP contribution is 2.28. The van der Waals surface area contributed by atoms with Crippen molar-refractivity contribution in [1.29, 1.82) is 0 Å². The highest BCUT2D eigenvalue weighted by atomic mass is 16.5. The quantitative estimate of drug-likeness (QED) is 0.883. The number of carbonyl (C=O) groups is 2. The van der Waals surface area contributed by atoms with Crippen LogP contribution in [0.4, 0.5) is 5.69 Å². The van der Waals surface area contributed by atoms with E-state index in [9.17, 15) is 9.59 Å². The van der Waals surface area contributed by atoms with E-state index in [1.54, 1.807) is 18.2 Å². The molecule has 0 aromatic heterocycles. The van der Waals surface area contributed by atoms with Crippen molar-refractivity contribution < 1.29 is 19.1 Å². The monoisotopic (exact) mass is 352 g/mol. The summed E-state index contributed by atoms with van der Waals surface area (Å²) in [6.45, 7) is 1.99. The zero-order valence-corrected chi connectivity index (χ0v) is 14.3. The Labute approximate surface area is 151 Å². The van der Waals surface area contributed by atoms with Crippen LogP contribution < -0.4 is 15.4 Å². The van der Waals surface area contributed by atoms with E-state index in [4.69, 9.17) is 9.47 Å². The average Bonchev–Trinajstić information content (AvgIpc) is 2.67. The molecule has 0 aliphatic carbocycles. The topological polar surface area (TPSA) is 76.7 Å². The summed E-state index contributed by atoms with van der Waals surface area (Å²) in [5.74, 6) is 0.181. The fraction of sp³-hybridized carbons (Fsp3) is 0.300. The highest BCUT2D eigenvalue weighted by molar-refractivity contribution is 5.98. The van der Waals surface area contributed by atoms with E-state index in [0.717, 1.165) is 19.4 Å². The minimum absolute atomic E-state index is 0.0263. The summed E-state index contributed by atoms with van der Waals surface area (Å²) in [5, 5.41) is 5.65. The van der Waals surface area contributed by atoms with Gasteiger partial charge in [-0.05, 0) is 47.7 Å². The average molecular weight is 352 g/mol. The van der Waals surface area contributed by atoms with Crippen molar-refractivity contribution in [2.75, 3.05) is 25.1 Å². The molecule has 2 amide bonds. The van der Waals surface area contributed by atoms with Crippen molar-refractivity contribution in [2.45, 2.75) is 19.4 Å². The molecule has 2 aromatic rings. The van der Waals surface area contributed by atoms with Crippen LogP contribution in [0, 0.1) is 0 Å². The number of hydrogen-bond acceptors (Lipinski definition) is 4. The fourth-order valence-electron chi connectivity index (χ4n) is 3.21. The van der Waals surface area contributed by atoms with Gasteiger partial charge in [0.1, 0.15) is 5.75 Å². The molecule has 2 N–H and O–H groups in total.